The van der Waals surface area contributed by atoms with Gasteiger partial charge in [-0.2, -0.15) is 0 Å². The number of carbonyl (C=O) groups excluding carboxylic acids is 1. The van der Waals surface area contributed by atoms with Gasteiger partial charge in [0.1, 0.15) is 5.00 Å². The van der Waals surface area contributed by atoms with Gasteiger partial charge in [0.25, 0.3) is 0 Å². The van der Waals surface area contributed by atoms with Crippen molar-refractivity contribution in [3.63, 3.8) is 0 Å². The number of nitrogens with one attached hydrogen (secondary N) is 1. The summed E-state index contributed by atoms with van der Waals surface area (Å²) in [5.74, 6) is -0.0155. The van der Waals surface area contributed by atoms with E-state index in [0.717, 1.165) is 26.7 Å². The van der Waals surface area contributed by atoms with E-state index < -0.39 is 0 Å². The minimum atomic E-state index is -0.0155. The van der Waals surface area contributed by atoms with Gasteiger partial charge in [-0.3, -0.25) is 4.79 Å². The van der Waals surface area contributed by atoms with Crippen LogP contribution >= 0.6 is 22.9 Å². The Hall–Kier alpha value is -2.88. The van der Waals surface area contributed by atoms with Crippen molar-refractivity contribution in [2.75, 3.05) is 5.32 Å². The molecule has 3 aromatic carbocycles. The van der Waals surface area contributed by atoms with Crippen LogP contribution in [0.4, 0.5) is 10.7 Å². The van der Waals surface area contributed by atoms with Crippen molar-refractivity contribution < 1.29 is 4.79 Å². The molecule has 138 valence electrons. The first-order valence-electron chi connectivity index (χ1n) is 8.94. The largest absolute Gasteiger partial charge is 0.347 e. The number of ketones is 1. The van der Waals surface area contributed by atoms with Gasteiger partial charge >= 0.3 is 0 Å². The Bertz CT molecular complexity index is 1100. The molecular formula is C24H18ClNOS. The molecule has 0 amide bonds. The predicted octanol–water partition coefficient (Wildman–Crippen LogP) is 7.35. The van der Waals surface area contributed by atoms with Gasteiger partial charge in [0.2, 0.25) is 0 Å². The van der Waals surface area contributed by atoms with Crippen LogP contribution in [0.1, 0.15) is 20.8 Å². The van der Waals surface area contributed by atoms with Gasteiger partial charge in [0.05, 0.1) is 5.56 Å². The van der Waals surface area contributed by atoms with Gasteiger partial charge in [-0.25, -0.2) is 0 Å². The summed E-state index contributed by atoms with van der Waals surface area (Å²) in [5, 5.41) is 4.90. The summed E-state index contributed by atoms with van der Waals surface area (Å²) in [7, 11) is 0. The number of thiophene rings is 1. The number of aryl methyl sites for hydroxylation is 1. The number of rotatable bonds is 5. The lowest BCUT2D eigenvalue weighted by atomic mass is 9.95. The highest BCUT2D eigenvalue weighted by Crippen LogP contribution is 2.42. The van der Waals surface area contributed by atoms with E-state index in [1.165, 1.54) is 0 Å². The van der Waals surface area contributed by atoms with Gasteiger partial charge in [-0.15, -0.1) is 11.3 Å². The average molecular weight is 404 g/mol. The lowest BCUT2D eigenvalue weighted by molar-refractivity contribution is 0.104. The van der Waals surface area contributed by atoms with Crippen molar-refractivity contribution in [1.82, 2.24) is 0 Å². The van der Waals surface area contributed by atoms with Crippen LogP contribution in [0.25, 0.3) is 11.1 Å². The summed E-state index contributed by atoms with van der Waals surface area (Å²) >= 11 is 7.61. The van der Waals surface area contributed by atoms with E-state index in [1.54, 1.807) is 35.6 Å². The molecule has 0 aliphatic heterocycles. The summed E-state index contributed by atoms with van der Waals surface area (Å²) in [5.41, 5.74) is 4.28. The second kappa shape index (κ2) is 8.01. The summed E-state index contributed by atoms with van der Waals surface area (Å²) in [6, 6.07) is 27.0. The number of carbonyl (C=O) groups is 1. The minimum absolute atomic E-state index is 0.0155. The van der Waals surface area contributed by atoms with Crippen molar-refractivity contribution >= 4 is 39.4 Å². The zero-order valence-corrected chi connectivity index (χ0v) is 16.8. The maximum Gasteiger partial charge on any atom is 0.196 e. The lowest BCUT2D eigenvalue weighted by Gasteiger charge is -2.10. The molecule has 0 fully saturated rings. The van der Waals surface area contributed by atoms with Crippen LogP contribution in [0.2, 0.25) is 5.02 Å². The van der Waals surface area contributed by atoms with Crippen molar-refractivity contribution in [2.24, 2.45) is 0 Å². The van der Waals surface area contributed by atoms with Crippen LogP contribution in [0.15, 0.2) is 84.9 Å². The summed E-state index contributed by atoms with van der Waals surface area (Å²) in [6.07, 6.45) is 0. The van der Waals surface area contributed by atoms with Crippen LogP contribution in [-0.4, -0.2) is 5.78 Å². The molecule has 4 heteroatoms. The molecular weight excluding hydrogens is 386 g/mol. The smallest absolute Gasteiger partial charge is 0.196 e. The van der Waals surface area contributed by atoms with Crippen LogP contribution in [0.3, 0.4) is 0 Å². The van der Waals surface area contributed by atoms with Gasteiger partial charge < -0.3 is 5.32 Å². The molecule has 0 unspecified atom stereocenters. The molecule has 1 N–H and O–H groups in total. The molecule has 4 rings (SSSR count). The normalized spacial score (nSPS) is 10.6. The third-order valence-corrected chi connectivity index (χ3v) is 5.78. The maximum absolute atomic E-state index is 13.5. The van der Waals surface area contributed by atoms with Crippen molar-refractivity contribution in [3.8, 4) is 11.1 Å². The molecule has 2 nitrogen and oxygen atoms in total. The fourth-order valence-corrected chi connectivity index (χ4v) is 4.42. The zero-order chi connectivity index (χ0) is 19.5. The number of para-hydroxylation sites is 1. The van der Waals surface area contributed by atoms with Gasteiger partial charge in [0, 0.05) is 26.7 Å². The number of halogens is 1. The Labute approximate surface area is 173 Å². The first kappa shape index (κ1) is 18.5. The van der Waals surface area contributed by atoms with Crippen molar-refractivity contribution in [2.45, 2.75) is 6.92 Å². The highest BCUT2D eigenvalue weighted by atomic mass is 35.5. The van der Waals surface area contributed by atoms with Crippen molar-refractivity contribution in [3.05, 3.63) is 106 Å². The molecule has 1 heterocycles. The SMILES string of the molecule is Cc1sc(Nc2ccccc2)c(C(=O)c2ccc(Cl)cc2)c1-c1ccccc1. The van der Waals surface area contributed by atoms with E-state index >= 15 is 0 Å². The molecule has 4 aromatic rings. The Morgan fingerprint density at radius 2 is 1.46 bits per heavy atom. The van der Waals surface area contributed by atoms with Gasteiger partial charge in [0.15, 0.2) is 5.78 Å². The average Bonchev–Trinajstić information content (AvgIpc) is 3.05. The van der Waals surface area contributed by atoms with Crippen LogP contribution in [-0.2, 0) is 0 Å². The van der Waals surface area contributed by atoms with E-state index in [1.807, 2.05) is 60.7 Å². The van der Waals surface area contributed by atoms with E-state index in [4.69, 9.17) is 11.6 Å². The molecule has 0 aliphatic rings. The molecule has 0 atom stereocenters. The number of benzene rings is 3. The van der Waals surface area contributed by atoms with Gasteiger partial charge in [-0.05, 0) is 48.9 Å². The van der Waals surface area contributed by atoms with E-state index in [9.17, 15) is 4.79 Å². The molecule has 0 bridgehead atoms. The standard InChI is InChI=1S/C24H18ClNOS/c1-16-21(17-8-4-2-5-9-17)22(23(27)18-12-14-19(25)15-13-18)24(28-16)26-20-10-6-3-7-11-20/h2-15,26H,1H3. The summed E-state index contributed by atoms with van der Waals surface area (Å²) in [6.45, 7) is 2.06. The van der Waals surface area contributed by atoms with Crippen LogP contribution in [0, 0.1) is 6.92 Å². The molecule has 1 aromatic heterocycles. The Kier molecular flexibility index (Phi) is 5.29. The second-order valence-corrected chi connectivity index (χ2v) is 8.09. The van der Waals surface area contributed by atoms with Crippen LogP contribution < -0.4 is 5.32 Å². The zero-order valence-electron chi connectivity index (χ0n) is 15.3. The van der Waals surface area contributed by atoms with Crippen molar-refractivity contribution in [1.29, 1.82) is 0 Å². The fraction of sp³-hybridized carbons (Fsp3) is 0.0417. The molecule has 0 radical (unpaired) electrons. The quantitative estimate of drug-likeness (QED) is 0.353. The first-order valence-corrected chi connectivity index (χ1v) is 10.1. The van der Waals surface area contributed by atoms with Gasteiger partial charge in [-0.1, -0.05) is 60.1 Å². The minimum Gasteiger partial charge on any atom is -0.347 e. The highest BCUT2D eigenvalue weighted by molar-refractivity contribution is 7.17. The molecule has 28 heavy (non-hydrogen) atoms. The third kappa shape index (κ3) is 3.72. The van der Waals surface area contributed by atoms with E-state index in [0.29, 0.717) is 16.1 Å². The molecule has 0 saturated heterocycles. The number of hydrogen-bond donors (Lipinski definition) is 1. The third-order valence-electron chi connectivity index (χ3n) is 4.51. The number of anilines is 2. The molecule has 0 spiro atoms. The van der Waals surface area contributed by atoms with E-state index in [2.05, 4.69) is 12.2 Å². The number of hydrogen-bond acceptors (Lipinski definition) is 3. The second-order valence-electron chi connectivity index (χ2n) is 6.43. The van der Waals surface area contributed by atoms with E-state index in [-0.39, 0.29) is 5.78 Å². The highest BCUT2D eigenvalue weighted by Gasteiger charge is 2.24. The topological polar surface area (TPSA) is 29.1 Å². The Balaban J connectivity index is 1.87. The Morgan fingerprint density at radius 1 is 0.857 bits per heavy atom. The Morgan fingerprint density at radius 3 is 2.11 bits per heavy atom. The summed E-state index contributed by atoms with van der Waals surface area (Å²) in [4.78, 5) is 14.6. The fourth-order valence-electron chi connectivity index (χ4n) is 3.20. The molecule has 0 saturated carbocycles. The van der Waals surface area contributed by atoms with Crippen LogP contribution in [0.5, 0.6) is 0 Å². The maximum atomic E-state index is 13.5. The lowest BCUT2D eigenvalue weighted by Crippen LogP contribution is -2.05. The monoisotopic (exact) mass is 403 g/mol. The predicted molar refractivity (Wildman–Crippen MR) is 119 cm³/mol. The first-order chi connectivity index (χ1) is 13.6. The molecule has 0 aliphatic carbocycles. The summed E-state index contributed by atoms with van der Waals surface area (Å²) < 4.78 is 0.